The molecule has 0 aliphatic carbocycles. The highest BCUT2D eigenvalue weighted by Crippen LogP contribution is 2.34. The maximum atomic E-state index is 6.24. The Morgan fingerprint density at radius 2 is 2.00 bits per heavy atom. The van der Waals surface area contributed by atoms with Gasteiger partial charge in [0.1, 0.15) is 0 Å². The number of fused-ring (bicyclic) bond motifs is 1. The third kappa shape index (κ3) is 2.79. The second-order valence-corrected chi connectivity index (χ2v) is 6.90. The van der Waals surface area contributed by atoms with Crippen LogP contribution in [-0.4, -0.2) is 16.6 Å². The summed E-state index contributed by atoms with van der Waals surface area (Å²) in [6, 6.07) is 16.5. The van der Waals surface area contributed by atoms with Gasteiger partial charge in [-0.05, 0) is 23.8 Å². The highest BCUT2D eigenvalue weighted by atomic mass is 35.5. The number of nitrogens with one attached hydrogen (secondary N) is 1. The third-order valence-corrected chi connectivity index (χ3v) is 5.13. The molecule has 0 amide bonds. The average molecular weight is 354 g/mol. The van der Waals surface area contributed by atoms with Crippen molar-refractivity contribution in [3.8, 4) is 11.3 Å². The predicted octanol–water partition coefficient (Wildman–Crippen LogP) is 5.51. The first kappa shape index (κ1) is 15.2. The standard InChI is InChI=1S/C19H16ClN3S/c1-21-19-22-17(12-24-19)16-11-23(10-13-5-3-2-4-6-13)18-8-7-14(20)9-15(16)18/h2-9,11-12H,10H2,1H3,(H,21,22). The van der Waals surface area contributed by atoms with Crippen LogP contribution in [0.4, 0.5) is 5.13 Å². The van der Waals surface area contributed by atoms with Crippen LogP contribution in [0.5, 0.6) is 0 Å². The van der Waals surface area contributed by atoms with E-state index in [0.29, 0.717) is 0 Å². The third-order valence-electron chi connectivity index (χ3n) is 4.03. The second-order valence-electron chi connectivity index (χ2n) is 5.61. The summed E-state index contributed by atoms with van der Waals surface area (Å²) in [7, 11) is 1.89. The molecule has 0 aliphatic heterocycles. The molecule has 2 heterocycles. The van der Waals surface area contributed by atoms with Crippen LogP contribution < -0.4 is 5.32 Å². The molecule has 0 fully saturated rings. The molecule has 2 aromatic heterocycles. The highest BCUT2D eigenvalue weighted by Gasteiger charge is 2.13. The molecule has 5 heteroatoms. The van der Waals surface area contributed by atoms with Gasteiger partial charge < -0.3 is 9.88 Å². The average Bonchev–Trinajstić information content (AvgIpc) is 3.20. The number of aromatic nitrogens is 2. The van der Waals surface area contributed by atoms with E-state index in [0.717, 1.165) is 38.9 Å². The van der Waals surface area contributed by atoms with Crippen molar-refractivity contribution in [3.05, 3.63) is 70.7 Å². The number of thiazole rings is 1. The largest absolute Gasteiger partial charge is 0.365 e. The van der Waals surface area contributed by atoms with Crippen LogP contribution in [0.15, 0.2) is 60.1 Å². The van der Waals surface area contributed by atoms with E-state index in [9.17, 15) is 0 Å². The Labute approximate surface area is 149 Å². The molecule has 2 aromatic carbocycles. The lowest BCUT2D eigenvalue weighted by atomic mass is 10.1. The molecule has 0 bridgehead atoms. The molecule has 0 atom stereocenters. The summed E-state index contributed by atoms with van der Waals surface area (Å²) in [5.41, 5.74) is 4.52. The molecule has 0 saturated carbocycles. The lowest BCUT2D eigenvalue weighted by Crippen LogP contribution is -1.97. The predicted molar refractivity (Wildman–Crippen MR) is 103 cm³/mol. The van der Waals surface area contributed by atoms with Crippen molar-refractivity contribution in [2.45, 2.75) is 6.54 Å². The zero-order chi connectivity index (χ0) is 16.5. The minimum absolute atomic E-state index is 0.741. The van der Waals surface area contributed by atoms with Crippen LogP contribution in [0.2, 0.25) is 5.02 Å². The van der Waals surface area contributed by atoms with E-state index in [-0.39, 0.29) is 0 Å². The smallest absolute Gasteiger partial charge is 0.182 e. The molecule has 4 aromatic rings. The van der Waals surface area contributed by atoms with Crippen LogP contribution in [0.3, 0.4) is 0 Å². The van der Waals surface area contributed by atoms with E-state index in [2.05, 4.69) is 56.8 Å². The van der Waals surface area contributed by atoms with E-state index in [1.807, 2.05) is 25.2 Å². The number of anilines is 1. The van der Waals surface area contributed by atoms with Gasteiger partial charge in [0.2, 0.25) is 0 Å². The molecular weight excluding hydrogens is 338 g/mol. The summed E-state index contributed by atoms with van der Waals surface area (Å²) in [5.74, 6) is 0. The van der Waals surface area contributed by atoms with Gasteiger partial charge in [0.05, 0.1) is 5.69 Å². The summed E-state index contributed by atoms with van der Waals surface area (Å²) < 4.78 is 2.26. The summed E-state index contributed by atoms with van der Waals surface area (Å²) in [5, 5.41) is 7.96. The number of rotatable bonds is 4. The highest BCUT2D eigenvalue weighted by molar-refractivity contribution is 7.14. The Hall–Kier alpha value is -2.30. The molecule has 0 spiro atoms. The van der Waals surface area contributed by atoms with Crippen LogP contribution in [-0.2, 0) is 6.54 Å². The van der Waals surface area contributed by atoms with Gasteiger partial charge in [-0.3, -0.25) is 0 Å². The fourth-order valence-corrected chi connectivity index (χ4v) is 3.74. The van der Waals surface area contributed by atoms with Crippen molar-refractivity contribution < 1.29 is 0 Å². The number of hydrogen-bond donors (Lipinski definition) is 1. The van der Waals surface area contributed by atoms with Crippen molar-refractivity contribution in [3.63, 3.8) is 0 Å². The van der Waals surface area contributed by atoms with E-state index >= 15 is 0 Å². The van der Waals surface area contributed by atoms with Gasteiger partial charge in [0.25, 0.3) is 0 Å². The topological polar surface area (TPSA) is 29.9 Å². The number of hydrogen-bond acceptors (Lipinski definition) is 3. The van der Waals surface area contributed by atoms with Gasteiger partial charge in [-0.15, -0.1) is 11.3 Å². The molecule has 0 saturated heterocycles. The Morgan fingerprint density at radius 1 is 1.17 bits per heavy atom. The monoisotopic (exact) mass is 353 g/mol. The van der Waals surface area contributed by atoms with Crippen molar-refractivity contribution in [1.29, 1.82) is 0 Å². The Bertz CT molecular complexity index is 988. The van der Waals surface area contributed by atoms with Crippen LogP contribution >= 0.6 is 22.9 Å². The first-order valence-electron chi connectivity index (χ1n) is 7.70. The molecule has 0 unspecified atom stereocenters. The number of nitrogens with zero attached hydrogens (tertiary/aromatic N) is 2. The molecular formula is C19H16ClN3S. The number of halogens is 1. The summed E-state index contributed by atoms with van der Waals surface area (Å²) in [6.45, 7) is 0.821. The molecule has 3 nitrogen and oxygen atoms in total. The molecule has 120 valence electrons. The maximum Gasteiger partial charge on any atom is 0.182 e. The van der Waals surface area contributed by atoms with Gasteiger partial charge in [-0.1, -0.05) is 41.9 Å². The van der Waals surface area contributed by atoms with Crippen LogP contribution in [0.1, 0.15) is 5.56 Å². The van der Waals surface area contributed by atoms with E-state index in [1.165, 1.54) is 5.56 Å². The Balaban J connectivity index is 1.86. The van der Waals surface area contributed by atoms with Crippen molar-refractivity contribution in [2.24, 2.45) is 0 Å². The minimum atomic E-state index is 0.741. The summed E-state index contributed by atoms with van der Waals surface area (Å²) in [4.78, 5) is 4.65. The zero-order valence-corrected chi connectivity index (χ0v) is 14.7. The first-order chi connectivity index (χ1) is 11.7. The van der Waals surface area contributed by atoms with E-state index in [4.69, 9.17) is 11.6 Å². The number of benzene rings is 2. The summed E-state index contributed by atoms with van der Waals surface area (Å²) >= 11 is 7.85. The molecule has 4 rings (SSSR count). The van der Waals surface area contributed by atoms with Gasteiger partial charge in [0.15, 0.2) is 5.13 Å². The zero-order valence-electron chi connectivity index (χ0n) is 13.2. The minimum Gasteiger partial charge on any atom is -0.365 e. The lowest BCUT2D eigenvalue weighted by Gasteiger charge is -2.05. The van der Waals surface area contributed by atoms with Crippen molar-refractivity contribution in [2.75, 3.05) is 12.4 Å². The Kier molecular flexibility index (Phi) is 4.00. The Morgan fingerprint density at radius 3 is 2.75 bits per heavy atom. The molecule has 0 aliphatic rings. The van der Waals surface area contributed by atoms with E-state index < -0.39 is 0 Å². The van der Waals surface area contributed by atoms with Crippen molar-refractivity contribution in [1.82, 2.24) is 9.55 Å². The fourth-order valence-electron chi connectivity index (χ4n) is 2.90. The van der Waals surface area contributed by atoms with Gasteiger partial charge in [0, 0.05) is 46.7 Å². The van der Waals surface area contributed by atoms with Crippen LogP contribution in [0, 0.1) is 0 Å². The maximum absolute atomic E-state index is 6.24. The summed E-state index contributed by atoms with van der Waals surface area (Å²) in [6.07, 6.45) is 2.17. The molecule has 24 heavy (non-hydrogen) atoms. The quantitative estimate of drug-likeness (QED) is 0.524. The fraction of sp³-hybridized carbons (Fsp3) is 0.105. The van der Waals surface area contributed by atoms with Crippen LogP contribution in [0.25, 0.3) is 22.2 Å². The second kappa shape index (κ2) is 6.30. The molecule has 1 N–H and O–H groups in total. The lowest BCUT2D eigenvalue weighted by molar-refractivity contribution is 0.837. The van der Waals surface area contributed by atoms with E-state index in [1.54, 1.807) is 11.3 Å². The van der Waals surface area contributed by atoms with Crippen molar-refractivity contribution >= 4 is 39.0 Å². The van der Waals surface area contributed by atoms with Gasteiger partial charge >= 0.3 is 0 Å². The van der Waals surface area contributed by atoms with Gasteiger partial charge in [-0.25, -0.2) is 4.98 Å². The molecule has 0 radical (unpaired) electrons. The van der Waals surface area contributed by atoms with Gasteiger partial charge in [-0.2, -0.15) is 0 Å². The first-order valence-corrected chi connectivity index (χ1v) is 8.96. The SMILES string of the molecule is CNc1nc(-c2cn(Cc3ccccc3)c3ccc(Cl)cc23)cs1. The normalized spacial score (nSPS) is 11.1.